The summed E-state index contributed by atoms with van der Waals surface area (Å²) >= 11 is 1.76. The Labute approximate surface area is 47.2 Å². The fourth-order valence-corrected chi connectivity index (χ4v) is 1.22. The van der Waals surface area contributed by atoms with Crippen molar-refractivity contribution in [2.45, 2.75) is 6.29 Å². The first-order valence-electron chi connectivity index (χ1n) is 2.15. The van der Waals surface area contributed by atoms with Crippen LogP contribution in [0.3, 0.4) is 0 Å². The van der Waals surface area contributed by atoms with Crippen LogP contribution in [0.1, 0.15) is 0 Å². The molecule has 1 unspecified atom stereocenters. The molecule has 1 heterocycles. The number of hydrogen-bond donors (Lipinski definition) is 0. The van der Waals surface area contributed by atoms with Gasteiger partial charge < -0.3 is 9.47 Å². The molecule has 2 nitrogen and oxygen atoms in total. The number of thioether (sulfide) groups is 1. The molecule has 1 fully saturated rings. The maximum Gasteiger partial charge on any atom is 0.167 e. The third kappa shape index (κ3) is 1.33. The molecule has 0 amide bonds. The molecule has 0 spiro atoms. The van der Waals surface area contributed by atoms with E-state index in [0.717, 1.165) is 11.7 Å². The summed E-state index contributed by atoms with van der Waals surface area (Å²) in [5.74, 6) is 1.77. The van der Waals surface area contributed by atoms with Crippen molar-refractivity contribution in [1.29, 1.82) is 0 Å². The Balaban J connectivity index is 2.14. The summed E-state index contributed by atoms with van der Waals surface area (Å²) in [5.41, 5.74) is 0. The van der Waals surface area contributed by atoms with E-state index in [2.05, 4.69) is 0 Å². The van der Waals surface area contributed by atoms with Gasteiger partial charge in [0.15, 0.2) is 6.29 Å². The number of ether oxygens (including phenoxy) is 2. The van der Waals surface area contributed by atoms with E-state index in [9.17, 15) is 0 Å². The molecule has 0 N–H and O–H groups in total. The third-order valence-corrected chi connectivity index (χ3v) is 1.66. The smallest absolute Gasteiger partial charge is 0.167 e. The Hall–Kier alpha value is 0.270. The first kappa shape index (κ1) is 5.41. The van der Waals surface area contributed by atoms with Gasteiger partial charge in [-0.1, -0.05) is 0 Å². The van der Waals surface area contributed by atoms with Gasteiger partial charge in [-0.25, -0.2) is 0 Å². The average Bonchev–Trinajstić information content (AvgIpc) is 2.14. The summed E-state index contributed by atoms with van der Waals surface area (Å²) in [4.78, 5) is 0. The van der Waals surface area contributed by atoms with Crippen molar-refractivity contribution >= 4 is 11.8 Å². The van der Waals surface area contributed by atoms with Gasteiger partial charge in [0.05, 0.1) is 5.94 Å². The molecule has 0 bridgehead atoms. The van der Waals surface area contributed by atoms with E-state index in [1.165, 1.54) is 0 Å². The normalized spacial score (nSPS) is 31.3. The van der Waals surface area contributed by atoms with Gasteiger partial charge in [-0.15, -0.1) is 11.8 Å². The standard InChI is InChI=1S/C4H8O2S/c1-5-4-2-7-3-6-4/h4H,2-3H2,1H3. The molecule has 1 atom stereocenters. The Bertz CT molecular complexity index is 51.7. The van der Waals surface area contributed by atoms with E-state index in [-0.39, 0.29) is 6.29 Å². The average molecular weight is 120 g/mol. The summed E-state index contributed by atoms with van der Waals surface area (Å²) in [7, 11) is 1.66. The van der Waals surface area contributed by atoms with Gasteiger partial charge >= 0.3 is 0 Å². The van der Waals surface area contributed by atoms with E-state index in [0.29, 0.717) is 0 Å². The molecule has 0 aromatic carbocycles. The van der Waals surface area contributed by atoms with Crippen LogP contribution >= 0.6 is 11.8 Å². The molecule has 0 saturated carbocycles. The van der Waals surface area contributed by atoms with Crippen LogP contribution in [0.4, 0.5) is 0 Å². The lowest BCUT2D eigenvalue weighted by Gasteiger charge is -2.01. The summed E-state index contributed by atoms with van der Waals surface area (Å²) in [6.07, 6.45) is 0.0602. The molecule has 0 aliphatic carbocycles. The monoisotopic (exact) mass is 120 g/mol. The van der Waals surface area contributed by atoms with Crippen molar-refractivity contribution in [3.8, 4) is 0 Å². The predicted molar refractivity (Wildman–Crippen MR) is 29.2 cm³/mol. The maximum atomic E-state index is 5.04. The zero-order chi connectivity index (χ0) is 5.11. The lowest BCUT2D eigenvalue weighted by atomic mass is 10.8. The lowest BCUT2D eigenvalue weighted by molar-refractivity contribution is -0.0804. The van der Waals surface area contributed by atoms with Gasteiger partial charge in [0, 0.05) is 12.9 Å². The van der Waals surface area contributed by atoms with Crippen molar-refractivity contribution in [3.05, 3.63) is 0 Å². The van der Waals surface area contributed by atoms with Crippen LogP contribution in [0, 0.1) is 0 Å². The first-order chi connectivity index (χ1) is 3.43. The quantitative estimate of drug-likeness (QED) is 0.507. The van der Waals surface area contributed by atoms with Crippen molar-refractivity contribution in [2.75, 3.05) is 18.8 Å². The molecule has 3 heteroatoms. The van der Waals surface area contributed by atoms with Crippen LogP contribution < -0.4 is 0 Å². The van der Waals surface area contributed by atoms with Gasteiger partial charge in [-0.3, -0.25) is 0 Å². The van der Waals surface area contributed by atoms with Crippen LogP contribution in [0.15, 0.2) is 0 Å². The minimum atomic E-state index is 0.0602. The van der Waals surface area contributed by atoms with E-state index in [1.54, 1.807) is 18.9 Å². The maximum absolute atomic E-state index is 5.04. The van der Waals surface area contributed by atoms with E-state index in [1.807, 2.05) is 0 Å². The first-order valence-corrected chi connectivity index (χ1v) is 3.31. The highest BCUT2D eigenvalue weighted by molar-refractivity contribution is 7.99. The van der Waals surface area contributed by atoms with Gasteiger partial charge in [-0.2, -0.15) is 0 Å². The predicted octanol–water partition coefficient (Wildman–Crippen LogP) is 0.680. The molecule has 7 heavy (non-hydrogen) atoms. The summed E-state index contributed by atoms with van der Waals surface area (Å²) in [5, 5.41) is 0. The minimum Gasteiger partial charge on any atom is -0.355 e. The van der Waals surface area contributed by atoms with E-state index < -0.39 is 0 Å². The fourth-order valence-electron chi connectivity index (χ4n) is 0.453. The third-order valence-electron chi connectivity index (χ3n) is 0.854. The topological polar surface area (TPSA) is 18.5 Å². The molecule has 0 aromatic heterocycles. The molecule has 1 rings (SSSR count). The van der Waals surface area contributed by atoms with E-state index >= 15 is 0 Å². The van der Waals surface area contributed by atoms with Gasteiger partial charge in [0.2, 0.25) is 0 Å². The molecule has 1 saturated heterocycles. The zero-order valence-corrected chi connectivity index (χ0v) is 5.03. The molecular formula is C4H8O2S. The molecule has 1 aliphatic rings. The second-order valence-electron chi connectivity index (χ2n) is 1.32. The summed E-state index contributed by atoms with van der Waals surface area (Å²) < 4.78 is 9.91. The van der Waals surface area contributed by atoms with Crippen LogP contribution in [-0.4, -0.2) is 25.1 Å². The number of methoxy groups -OCH3 is 1. The summed E-state index contributed by atoms with van der Waals surface area (Å²) in [6.45, 7) is 0. The van der Waals surface area contributed by atoms with Gasteiger partial charge in [-0.05, 0) is 0 Å². The number of rotatable bonds is 1. The minimum absolute atomic E-state index is 0.0602. The van der Waals surface area contributed by atoms with Gasteiger partial charge in [0.25, 0.3) is 0 Å². The highest BCUT2D eigenvalue weighted by Crippen LogP contribution is 2.15. The van der Waals surface area contributed by atoms with Crippen LogP contribution in [0.2, 0.25) is 0 Å². The highest BCUT2D eigenvalue weighted by atomic mass is 32.2. The Morgan fingerprint density at radius 2 is 2.71 bits per heavy atom. The van der Waals surface area contributed by atoms with Crippen molar-refractivity contribution in [3.63, 3.8) is 0 Å². The second-order valence-corrected chi connectivity index (χ2v) is 2.30. The molecule has 42 valence electrons. The van der Waals surface area contributed by atoms with E-state index in [4.69, 9.17) is 9.47 Å². The summed E-state index contributed by atoms with van der Waals surface area (Å²) in [6, 6.07) is 0. The Morgan fingerprint density at radius 1 is 1.86 bits per heavy atom. The largest absolute Gasteiger partial charge is 0.355 e. The SMILES string of the molecule is COC1CSCO1. The fraction of sp³-hybridized carbons (Fsp3) is 1.00. The van der Waals surface area contributed by atoms with Crippen molar-refractivity contribution in [1.82, 2.24) is 0 Å². The number of hydrogen-bond acceptors (Lipinski definition) is 3. The lowest BCUT2D eigenvalue weighted by Crippen LogP contribution is -2.09. The molecule has 1 aliphatic heterocycles. The highest BCUT2D eigenvalue weighted by Gasteiger charge is 2.13. The van der Waals surface area contributed by atoms with Gasteiger partial charge in [0.1, 0.15) is 0 Å². The van der Waals surface area contributed by atoms with Crippen molar-refractivity contribution < 1.29 is 9.47 Å². The van der Waals surface area contributed by atoms with Crippen LogP contribution in [-0.2, 0) is 9.47 Å². The second kappa shape index (κ2) is 2.55. The molecule has 0 radical (unpaired) electrons. The zero-order valence-electron chi connectivity index (χ0n) is 4.22. The van der Waals surface area contributed by atoms with Crippen LogP contribution in [0.5, 0.6) is 0 Å². The molecule has 0 aromatic rings. The Kier molecular flexibility index (Phi) is 1.97. The van der Waals surface area contributed by atoms with Crippen LogP contribution in [0.25, 0.3) is 0 Å². The Morgan fingerprint density at radius 3 is 3.00 bits per heavy atom. The van der Waals surface area contributed by atoms with Crippen molar-refractivity contribution in [2.24, 2.45) is 0 Å². The molecular weight excluding hydrogens is 112 g/mol.